The van der Waals surface area contributed by atoms with Gasteiger partial charge >= 0.3 is 0 Å². The molecule has 0 radical (unpaired) electrons. The Hall–Kier alpha value is -0.890. The van der Waals surface area contributed by atoms with Crippen molar-refractivity contribution in [3.05, 3.63) is 35.6 Å². The summed E-state index contributed by atoms with van der Waals surface area (Å²) in [5.41, 5.74) is 0.635. The second-order valence-corrected chi connectivity index (χ2v) is 5.19. The molecular weight excluding hydrogens is 215 g/mol. The minimum Gasteiger partial charge on any atom is -0.393 e. The Balaban J connectivity index is 1.84. The fourth-order valence-electron chi connectivity index (χ4n) is 2.81. The maximum absolute atomic E-state index is 13.4. The van der Waals surface area contributed by atoms with Crippen molar-refractivity contribution < 1.29 is 9.50 Å². The fraction of sp³-hybridized carbons (Fsp3) is 0.600. The van der Waals surface area contributed by atoms with Gasteiger partial charge in [-0.05, 0) is 24.0 Å². The van der Waals surface area contributed by atoms with Gasteiger partial charge in [0.2, 0.25) is 0 Å². The summed E-state index contributed by atoms with van der Waals surface area (Å²) >= 11 is 0. The van der Waals surface area contributed by atoms with Crippen molar-refractivity contribution in [2.24, 2.45) is 5.92 Å². The highest BCUT2D eigenvalue weighted by molar-refractivity contribution is 5.18. The maximum atomic E-state index is 13.4. The van der Waals surface area contributed by atoms with Gasteiger partial charge in [0, 0.05) is 6.42 Å². The molecule has 1 atom stereocenters. The third kappa shape index (κ3) is 3.81. The molecule has 1 aromatic carbocycles. The SMILES string of the molecule is OC(Cc1ccccc1F)CC1CCCCC1. The molecule has 2 rings (SSSR count). The van der Waals surface area contributed by atoms with Gasteiger partial charge in [0.15, 0.2) is 0 Å². The highest BCUT2D eigenvalue weighted by Gasteiger charge is 2.18. The van der Waals surface area contributed by atoms with Gasteiger partial charge in [0.05, 0.1) is 6.10 Å². The zero-order valence-corrected chi connectivity index (χ0v) is 10.2. The van der Waals surface area contributed by atoms with Crippen LogP contribution in [0, 0.1) is 11.7 Å². The summed E-state index contributed by atoms with van der Waals surface area (Å²) in [5, 5.41) is 10.0. The van der Waals surface area contributed by atoms with Crippen molar-refractivity contribution in [1.82, 2.24) is 0 Å². The molecule has 1 aromatic rings. The van der Waals surface area contributed by atoms with E-state index < -0.39 is 6.10 Å². The van der Waals surface area contributed by atoms with E-state index in [1.54, 1.807) is 12.1 Å². The van der Waals surface area contributed by atoms with Gasteiger partial charge in [-0.25, -0.2) is 4.39 Å². The van der Waals surface area contributed by atoms with E-state index in [1.807, 2.05) is 6.07 Å². The monoisotopic (exact) mass is 236 g/mol. The van der Waals surface area contributed by atoms with Crippen LogP contribution in [0.4, 0.5) is 4.39 Å². The van der Waals surface area contributed by atoms with Gasteiger partial charge < -0.3 is 5.11 Å². The van der Waals surface area contributed by atoms with Gasteiger partial charge in [-0.3, -0.25) is 0 Å². The first-order chi connectivity index (χ1) is 8.25. The van der Waals surface area contributed by atoms with Crippen molar-refractivity contribution in [1.29, 1.82) is 0 Å². The van der Waals surface area contributed by atoms with E-state index in [1.165, 1.54) is 38.2 Å². The number of hydrogen-bond donors (Lipinski definition) is 1. The molecule has 2 heteroatoms. The van der Waals surface area contributed by atoms with Crippen molar-refractivity contribution in [2.75, 3.05) is 0 Å². The van der Waals surface area contributed by atoms with Crippen LogP contribution in [0.1, 0.15) is 44.1 Å². The number of rotatable bonds is 4. The van der Waals surface area contributed by atoms with E-state index in [-0.39, 0.29) is 5.82 Å². The first kappa shape index (κ1) is 12.6. The number of aliphatic hydroxyl groups is 1. The maximum Gasteiger partial charge on any atom is 0.126 e. The standard InChI is InChI=1S/C15H21FO/c16-15-9-5-4-8-13(15)11-14(17)10-12-6-2-1-3-7-12/h4-5,8-9,12,14,17H,1-3,6-7,10-11H2. The minimum absolute atomic E-state index is 0.199. The molecule has 1 nitrogen and oxygen atoms in total. The van der Waals surface area contributed by atoms with Gasteiger partial charge in [-0.2, -0.15) is 0 Å². The van der Waals surface area contributed by atoms with Gasteiger partial charge in [-0.1, -0.05) is 50.3 Å². The predicted molar refractivity (Wildman–Crippen MR) is 67.3 cm³/mol. The van der Waals surface area contributed by atoms with Crippen LogP contribution >= 0.6 is 0 Å². The van der Waals surface area contributed by atoms with Crippen molar-refractivity contribution >= 4 is 0 Å². The molecule has 1 N–H and O–H groups in total. The second kappa shape index (κ2) is 6.15. The molecule has 94 valence electrons. The molecule has 0 amide bonds. The molecule has 0 aromatic heterocycles. The highest BCUT2D eigenvalue weighted by Crippen LogP contribution is 2.28. The average molecular weight is 236 g/mol. The zero-order valence-electron chi connectivity index (χ0n) is 10.2. The molecule has 0 heterocycles. The highest BCUT2D eigenvalue weighted by atomic mass is 19.1. The van der Waals surface area contributed by atoms with Crippen LogP contribution in [0.5, 0.6) is 0 Å². The largest absolute Gasteiger partial charge is 0.393 e. The summed E-state index contributed by atoms with van der Waals surface area (Å²) in [6.07, 6.45) is 7.25. The zero-order chi connectivity index (χ0) is 12.1. The van der Waals surface area contributed by atoms with E-state index in [0.717, 1.165) is 6.42 Å². The quantitative estimate of drug-likeness (QED) is 0.845. The Morgan fingerprint density at radius 2 is 1.88 bits per heavy atom. The summed E-state index contributed by atoms with van der Waals surface area (Å²) in [6.45, 7) is 0. The first-order valence-corrected chi connectivity index (χ1v) is 6.67. The lowest BCUT2D eigenvalue weighted by Crippen LogP contribution is -2.18. The van der Waals surface area contributed by atoms with Gasteiger partial charge in [0.25, 0.3) is 0 Å². The lowest BCUT2D eigenvalue weighted by atomic mass is 9.84. The average Bonchev–Trinajstić information content (AvgIpc) is 2.33. The number of benzene rings is 1. The van der Waals surface area contributed by atoms with E-state index in [9.17, 15) is 9.50 Å². The third-order valence-corrected chi connectivity index (χ3v) is 3.74. The predicted octanol–water partition coefficient (Wildman–Crippen LogP) is 3.70. The summed E-state index contributed by atoms with van der Waals surface area (Å²) < 4.78 is 13.4. The molecule has 1 aliphatic rings. The van der Waals surface area contributed by atoms with Crippen LogP contribution in [0.3, 0.4) is 0 Å². The number of hydrogen-bond acceptors (Lipinski definition) is 1. The van der Waals surface area contributed by atoms with Crippen LogP contribution < -0.4 is 0 Å². The molecule has 0 aliphatic heterocycles. The van der Waals surface area contributed by atoms with Crippen LogP contribution in [0.2, 0.25) is 0 Å². The Labute approximate surface area is 103 Å². The van der Waals surface area contributed by atoms with Crippen LogP contribution in [0.15, 0.2) is 24.3 Å². The molecule has 1 fully saturated rings. The van der Waals surface area contributed by atoms with Gasteiger partial charge in [-0.15, -0.1) is 0 Å². The topological polar surface area (TPSA) is 20.2 Å². The normalized spacial score (nSPS) is 19.2. The second-order valence-electron chi connectivity index (χ2n) is 5.19. The molecule has 17 heavy (non-hydrogen) atoms. The molecule has 1 saturated carbocycles. The molecule has 0 spiro atoms. The lowest BCUT2D eigenvalue weighted by Gasteiger charge is -2.24. The molecule has 0 bridgehead atoms. The van der Waals surface area contributed by atoms with E-state index >= 15 is 0 Å². The molecule has 0 saturated heterocycles. The number of halogens is 1. The fourth-order valence-corrected chi connectivity index (χ4v) is 2.81. The van der Waals surface area contributed by atoms with Crippen molar-refractivity contribution in [3.63, 3.8) is 0 Å². The lowest BCUT2D eigenvalue weighted by molar-refractivity contribution is 0.129. The number of aliphatic hydroxyl groups excluding tert-OH is 1. The Morgan fingerprint density at radius 1 is 1.18 bits per heavy atom. The Bertz CT molecular complexity index is 345. The van der Waals surface area contributed by atoms with E-state index in [0.29, 0.717) is 17.9 Å². The smallest absolute Gasteiger partial charge is 0.126 e. The summed E-state index contributed by atoms with van der Waals surface area (Å²) in [6, 6.07) is 6.74. The van der Waals surface area contributed by atoms with Gasteiger partial charge in [0.1, 0.15) is 5.82 Å². The van der Waals surface area contributed by atoms with Crippen molar-refractivity contribution in [2.45, 2.75) is 51.0 Å². The Morgan fingerprint density at radius 3 is 2.59 bits per heavy atom. The van der Waals surface area contributed by atoms with Crippen LogP contribution in [-0.4, -0.2) is 11.2 Å². The van der Waals surface area contributed by atoms with E-state index in [2.05, 4.69) is 0 Å². The molecular formula is C15H21FO. The first-order valence-electron chi connectivity index (χ1n) is 6.67. The van der Waals surface area contributed by atoms with Crippen molar-refractivity contribution in [3.8, 4) is 0 Å². The van der Waals surface area contributed by atoms with Crippen LogP contribution in [-0.2, 0) is 6.42 Å². The summed E-state index contributed by atoms with van der Waals surface area (Å²) in [7, 11) is 0. The molecule has 1 unspecified atom stereocenters. The van der Waals surface area contributed by atoms with Crippen LogP contribution in [0.25, 0.3) is 0 Å². The summed E-state index contributed by atoms with van der Waals surface area (Å²) in [4.78, 5) is 0. The molecule has 1 aliphatic carbocycles. The summed E-state index contributed by atoms with van der Waals surface area (Å²) in [5.74, 6) is 0.445. The van der Waals surface area contributed by atoms with E-state index in [4.69, 9.17) is 0 Å². The Kier molecular flexibility index (Phi) is 4.55. The minimum atomic E-state index is -0.394. The third-order valence-electron chi connectivity index (χ3n) is 3.74.